The van der Waals surface area contributed by atoms with Crippen LogP contribution in [0.15, 0.2) is 53.7 Å². The highest BCUT2D eigenvalue weighted by atomic mass is 32.2. The van der Waals surface area contributed by atoms with E-state index in [1.54, 1.807) is 0 Å². The van der Waals surface area contributed by atoms with Crippen LogP contribution in [0.3, 0.4) is 0 Å². The van der Waals surface area contributed by atoms with Crippen LogP contribution in [0, 0.1) is 5.82 Å². The Morgan fingerprint density at radius 2 is 1.74 bits per heavy atom. The Hall–Kier alpha value is -3.20. The predicted octanol–water partition coefficient (Wildman–Crippen LogP) is 3.91. The topological polar surface area (TPSA) is 88.9 Å². The van der Waals surface area contributed by atoms with Crippen molar-refractivity contribution in [3.8, 4) is 0 Å². The van der Waals surface area contributed by atoms with Crippen molar-refractivity contribution in [2.75, 3.05) is 16.4 Å². The van der Waals surface area contributed by atoms with E-state index in [-0.39, 0.29) is 29.8 Å². The Labute approximate surface area is 184 Å². The lowest BCUT2D eigenvalue weighted by Crippen LogP contribution is -2.18. The molecule has 31 heavy (non-hydrogen) atoms. The Kier molecular flexibility index (Phi) is 7.77. The number of carbonyl (C=O) groups is 2. The summed E-state index contributed by atoms with van der Waals surface area (Å²) in [6.07, 6.45) is 0.906. The number of hydrogen-bond acceptors (Lipinski definition) is 5. The van der Waals surface area contributed by atoms with E-state index in [0.717, 1.165) is 17.7 Å². The third-order valence-electron chi connectivity index (χ3n) is 4.56. The van der Waals surface area contributed by atoms with Gasteiger partial charge in [0.25, 0.3) is 0 Å². The molecule has 0 saturated heterocycles. The number of hydrogen-bond donors (Lipinski definition) is 2. The van der Waals surface area contributed by atoms with Crippen LogP contribution in [0.4, 0.5) is 15.8 Å². The van der Waals surface area contributed by atoms with Crippen molar-refractivity contribution in [1.82, 2.24) is 14.8 Å². The molecule has 0 fully saturated rings. The highest BCUT2D eigenvalue weighted by Gasteiger charge is 2.16. The molecule has 2 amide bonds. The number of benzene rings is 2. The smallest absolute Gasteiger partial charge is 0.234 e. The number of aromatic nitrogens is 3. The molecular formula is C22H24FN5O2S. The fourth-order valence-electron chi connectivity index (χ4n) is 3.02. The summed E-state index contributed by atoms with van der Waals surface area (Å²) in [5.74, 6) is -0.120. The monoisotopic (exact) mass is 441 g/mol. The Morgan fingerprint density at radius 1 is 1.00 bits per heavy atom. The first kappa shape index (κ1) is 22.5. The van der Waals surface area contributed by atoms with Crippen molar-refractivity contribution in [3.63, 3.8) is 0 Å². The average Bonchev–Trinajstić information content (AvgIpc) is 3.15. The van der Waals surface area contributed by atoms with Crippen LogP contribution in [0.5, 0.6) is 0 Å². The number of thioether (sulfide) groups is 1. The van der Waals surface area contributed by atoms with Crippen molar-refractivity contribution in [2.45, 2.75) is 38.4 Å². The number of carbonyl (C=O) groups excluding carboxylic acids is 2. The third-order valence-corrected chi connectivity index (χ3v) is 5.53. The second kappa shape index (κ2) is 10.7. The van der Waals surface area contributed by atoms with Gasteiger partial charge in [-0.1, -0.05) is 36.9 Å². The van der Waals surface area contributed by atoms with Crippen molar-refractivity contribution in [3.05, 3.63) is 65.7 Å². The second-order valence-corrected chi connectivity index (χ2v) is 7.66. The van der Waals surface area contributed by atoms with Gasteiger partial charge in [-0.15, -0.1) is 10.2 Å². The van der Waals surface area contributed by atoms with Crippen molar-refractivity contribution in [2.24, 2.45) is 0 Å². The molecule has 0 aliphatic carbocycles. The maximum absolute atomic E-state index is 13.0. The van der Waals surface area contributed by atoms with E-state index in [4.69, 9.17) is 0 Å². The van der Waals surface area contributed by atoms with Crippen LogP contribution in [-0.2, 0) is 29.0 Å². The highest BCUT2D eigenvalue weighted by molar-refractivity contribution is 7.99. The molecule has 0 atom stereocenters. The number of amides is 2. The highest BCUT2D eigenvalue weighted by Crippen LogP contribution is 2.19. The number of nitrogens with one attached hydrogen (secondary N) is 2. The van der Waals surface area contributed by atoms with Gasteiger partial charge < -0.3 is 15.2 Å². The van der Waals surface area contributed by atoms with Gasteiger partial charge in [0, 0.05) is 17.9 Å². The van der Waals surface area contributed by atoms with Gasteiger partial charge >= 0.3 is 0 Å². The van der Waals surface area contributed by atoms with Crippen molar-refractivity contribution in [1.29, 1.82) is 0 Å². The zero-order chi connectivity index (χ0) is 22.2. The lowest BCUT2D eigenvalue weighted by molar-refractivity contribution is -0.116. The van der Waals surface area contributed by atoms with Crippen LogP contribution < -0.4 is 10.6 Å². The Morgan fingerprint density at radius 3 is 2.45 bits per heavy atom. The molecule has 1 heterocycles. The third kappa shape index (κ3) is 6.14. The lowest BCUT2D eigenvalue weighted by Gasteiger charge is -2.10. The molecule has 0 bridgehead atoms. The fourth-order valence-corrected chi connectivity index (χ4v) is 3.84. The molecule has 0 radical (unpaired) electrons. The zero-order valence-electron chi connectivity index (χ0n) is 17.4. The normalized spacial score (nSPS) is 10.7. The van der Waals surface area contributed by atoms with Gasteiger partial charge in [-0.2, -0.15) is 0 Å². The summed E-state index contributed by atoms with van der Waals surface area (Å²) in [6.45, 7) is 4.54. The van der Waals surface area contributed by atoms with Crippen LogP contribution in [0.2, 0.25) is 0 Å². The number of aryl methyl sites for hydroxylation is 1. The average molecular weight is 442 g/mol. The van der Waals surface area contributed by atoms with Crippen LogP contribution in [-0.4, -0.2) is 32.3 Å². The Bertz CT molecular complexity index is 1050. The SMILES string of the molecule is CCc1ccccc1NC(=O)Cc1nnc(SCC(=O)Nc2ccc(F)cc2)n1CC. The molecule has 2 aromatic carbocycles. The largest absolute Gasteiger partial charge is 0.325 e. The van der Waals surface area contributed by atoms with Gasteiger partial charge in [0.2, 0.25) is 11.8 Å². The quantitative estimate of drug-likeness (QED) is 0.492. The van der Waals surface area contributed by atoms with E-state index in [1.165, 1.54) is 36.0 Å². The molecule has 1 aromatic heterocycles. The minimum Gasteiger partial charge on any atom is -0.325 e. The standard InChI is InChI=1S/C22H24FN5O2S/c1-3-15-7-5-6-8-18(15)25-20(29)13-19-26-27-22(28(19)4-2)31-14-21(30)24-17-11-9-16(23)10-12-17/h5-12H,3-4,13-14H2,1-2H3,(H,24,30)(H,25,29). The molecule has 3 aromatic rings. The van der Waals surface area contributed by atoms with Gasteiger partial charge in [0.15, 0.2) is 5.16 Å². The molecule has 162 valence electrons. The van der Waals surface area contributed by atoms with Crippen LogP contribution in [0.25, 0.3) is 0 Å². The van der Waals surface area contributed by atoms with Crippen molar-refractivity contribution < 1.29 is 14.0 Å². The molecule has 0 aliphatic rings. The predicted molar refractivity (Wildman–Crippen MR) is 120 cm³/mol. The number of nitrogens with zero attached hydrogens (tertiary/aromatic N) is 3. The molecule has 2 N–H and O–H groups in total. The molecule has 3 rings (SSSR count). The number of para-hydroxylation sites is 1. The minimum atomic E-state index is -0.363. The summed E-state index contributed by atoms with van der Waals surface area (Å²) in [6, 6.07) is 13.3. The Balaban J connectivity index is 1.59. The van der Waals surface area contributed by atoms with Crippen molar-refractivity contribution >= 4 is 35.0 Å². The number of rotatable bonds is 9. The van der Waals surface area contributed by atoms with Gasteiger partial charge in [0.1, 0.15) is 11.6 Å². The summed E-state index contributed by atoms with van der Waals surface area (Å²) in [5, 5.41) is 14.5. The molecule has 9 heteroatoms. The summed E-state index contributed by atoms with van der Waals surface area (Å²) >= 11 is 1.23. The molecule has 0 unspecified atom stereocenters. The van der Waals surface area contributed by atoms with E-state index in [2.05, 4.69) is 20.8 Å². The maximum atomic E-state index is 13.0. The first-order valence-corrected chi connectivity index (χ1v) is 11.0. The minimum absolute atomic E-state index is 0.0845. The molecule has 0 saturated carbocycles. The summed E-state index contributed by atoms with van der Waals surface area (Å²) in [7, 11) is 0. The summed E-state index contributed by atoms with van der Waals surface area (Å²) in [5.41, 5.74) is 2.38. The first-order chi connectivity index (χ1) is 15.0. The second-order valence-electron chi connectivity index (χ2n) is 6.72. The first-order valence-electron chi connectivity index (χ1n) is 9.98. The van der Waals surface area contributed by atoms with Crippen LogP contribution in [0.1, 0.15) is 25.2 Å². The van der Waals surface area contributed by atoms with E-state index in [1.807, 2.05) is 42.7 Å². The maximum Gasteiger partial charge on any atom is 0.234 e. The summed E-state index contributed by atoms with van der Waals surface area (Å²) < 4.78 is 14.8. The van der Waals surface area contributed by atoms with Crippen LogP contribution >= 0.6 is 11.8 Å². The number of halogens is 1. The molecule has 7 nitrogen and oxygen atoms in total. The van der Waals surface area contributed by atoms with Gasteiger partial charge in [0.05, 0.1) is 12.2 Å². The number of anilines is 2. The summed E-state index contributed by atoms with van der Waals surface area (Å²) in [4.78, 5) is 24.7. The zero-order valence-corrected chi connectivity index (χ0v) is 18.2. The van der Waals surface area contributed by atoms with E-state index < -0.39 is 0 Å². The van der Waals surface area contributed by atoms with E-state index in [0.29, 0.717) is 23.2 Å². The molecule has 0 spiro atoms. The molecular weight excluding hydrogens is 417 g/mol. The fraction of sp³-hybridized carbons (Fsp3) is 0.273. The van der Waals surface area contributed by atoms with E-state index >= 15 is 0 Å². The van der Waals surface area contributed by atoms with Gasteiger partial charge in [-0.05, 0) is 49.2 Å². The van der Waals surface area contributed by atoms with Gasteiger partial charge in [-0.3, -0.25) is 9.59 Å². The molecule has 0 aliphatic heterocycles. The lowest BCUT2D eigenvalue weighted by atomic mass is 10.1. The van der Waals surface area contributed by atoms with E-state index in [9.17, 15) is 14.0 Å². The van der Waals surface area contributed by atoms with Gasteiger partial charge in [-0.25, -0.2) is 4.39 Å².